The Bertz CT molecular complexity index is 3810. The fourth-order valence-corrected chi connectivity index (χ4v) is 9.67. The normalized spacial score (nSPS) is 11.8. The van der Waals surface area contributed by atoms with Crippen LogP contribution in [0.2, 0.25) is 0 Å². The first-order valence-electron chi connectivity index (χ1n) is 21.2. The summed E-state index contributed by atoms with van der Waals surface area (Å²) >= 11 is 0. The fraction of sp³-hybridized carbons (Fsp3) is 0. The van der Waals surface area contributed by atoms with Gasteiger partial charge in [0.25, 0.3) is 0 Å². The molecule has 6 heteroatoms. The summed E-state index contributed by atoms with van der Waals surface area (Å²) in [7, 11) is 0. The van der Waals surface area contributed by atoms with Gasteiger partial charge in [0.05, 0.1) is 44.4 Å². The van der Waals surface area contributed by atoms with Gasteiger partial charge in [-0.2, -0.15) is 0 Å². The lowest BCUT2D eigenvalue weighted by Gasteiger charge is -2.19. The second-order valence-electron chi connectivity index (χ2n) is 15.9. The molecule has 0 aliphatic carbocycles. The van der Waals surface area contributed by atoms with Crippen LogP contribution in [0.3, 0.4) is 0 Å². The number of hydrogen-bond donors (Lipinski definition) is 0. The quantitative estimate of drug-likeness (QED) is 0.168. The summed E-state index contributed by atoms with van der Waals surface area (Å²) in [6.07, 6.45) is 0. The number of nitrogens with zero attached hydrogens (tertiary/aromatic N) is 5. The Balaban J connectivity index is 1.23. The summed E-state index contributed by atoms with van der Waals surface area (Å²) in [5.41, 5.74) is 12.4. The molecule has 0 aliphatic heterocycles. The van der Waals surface area contributed by atoms with E-state index in [4.69, 9.17) is 19.4 Å². The monoisotopic (exact) mass is 805 g/mol. The maximum Gasteiger partial charge on any atom is 0.170 e. The van der Waals surface area contributed by atoms with Crippen LogP contribution >= 0.6 is 0 Å². The molecular formula is C57H35N5O. The molecule has 0 saturated carbocycles. The molecule has 0 amide bonds. The fourth-order valence-electron chi connectivity index (χ4n) is 9.67. The Labute approximate surface area is 361 Å². The zero-order chi connectivity index (χ0) is 41.4. The number of aromatic nitrogens is 5. The lowest BCUT2D eigenvalue weighted by Crippen LogP contribution is -2.06. The number of benzene rings is 9. The zero-order valence-electron chi connectivity index (χ0n) is 33.9. The number of rotatable bonds is 6. The largest absolute Gasteiger partial charge is 0.455 e. The SMILES string of the molecule is c1ccc(-c2nc(-c3ccccc3-c3ccccc3)nc(-c3c(-n4c5ccccc5c5ccccc54)cc(-n4c5ccccc5c5ccccc54)c4c3oc3ccccc34)n2)cc1. The minimum Gasteiger partial charge on any atom is -0.455 e. The Hall–Kier alpha value is -8.61. The Kier molecular flexibility index (Phi) is 7.80. The molecule has 0 N–H and O–H groups in total. The minimum atomic E-state index is 0.511. The van der Waals surface area contributed by atoms with Crippen LogP contribution < -0.4 is 0 Å². The second kappa shape index (κ2) is 14.0. The molecule has 0 atom stereocenters. The van der Waals surface area contributed by atoms with Crippen LogP contribution in [0.15, 0.2) is 217 Å². The third kappa shape index (κ3) is 5.41. The summed E-state index contributed by atoms with van der Waals surface area (Å²) < 4.78 is 12.0. The highest BCUT2D eigenvalue weighted by Crippen LogP contribution is 2.47. The average molecular weight is 806 g/mol. The van der Waals surface area contributed by atoms with Crippen molar-refractivity contribution in [3.05, 3.63) is 212 Å². The Morgan fingerprint density at radius 3 is 1.35 bits per heavy atom. The van der Waals surface area contributed by atoms with Gasteiger partial charge in [-0.1, -0.05) is 176 Å². The van der Waals surface area contributed by atoms with Crippen molar-refractivity contribution in [2.24, 2.45) is 0 Å². The zero-order valence-corrected chi connectivity index (χ0v) is 33.9. The van der Waals surface area contributed by atoms with Gasteiger partial charge in [-0.3, -0.25) is 0 Å². The maximum atomic E-state index is 7.22. The van der Waals surface area contributed by atoms with Gasteiger partial charge in [0.15, 0.2) is 23.1 Å². The van der Waals surface area contributed by atoms with Crippen molar-refractivity contribution in [3.63, 3.8) is 0 Å². The number of hydrogen-bond acceptors (Lipinski definition) is 4. The van der Waals surface area contributed by atoms with Gasteiger partial charge in [-0.25, -0.2) is 15.0 Å². The predicted molar refractivity (Wildman–Crippen MR) is 258 cm³/mol. The van der Waals surface area contributed by atoms with E-state index in [1.807, 2.05) is 30.3 Å². The molecule has 0 fully saturated rings. The highest BCUT2D eigenvalue weighted by atomic mass is 16.3. The lowest BCUT2D eigenvalue weighted by atomic mass is 9.99. The standard InChI is InChI=1S/C57H35N5O/c1-3-19-36(20-4-1)38-23-7-8-28-43(38)56-58-55(37-21-5-2-6-22-37)59-57(60-56)53-50(62-47-32-16-11-26-41(47)42-27-12-17-33-48(42)62)35-49(52-44-29-13-18-34-51(44)63-54(52)53)61-45-30-14-9-24-39(45)40-25-10-15-31-46(40)61/h1-35H. The van der Waals surface area contributed by atoms with Gasteiger partial charge in [-0.05, 0) is 47.5 Å². The molecule has 63 heavy (non-hydrogen) atoms. The van der Waals surface area contributed by atoms with Crippen molar-refractivity contribution in [1.29, 1.82) is 0 Å². The van der Waals surface area contributed by atoms with Crippen molar-refractivity contribution in [1.82, 2.24) is 24.1 Å². The molecule has 0 bridgehead atoms. The third-order valence-electron chi connectivity index (χ3n) is 12.4. The summed E-state index contributed by atoms with van der Waals surface area (Å²) in [6.45, 7) is 0. The molecule has 4 heterocycles. The maximum absolute atomic E-state index is 7.22. The van der Waals surface area contributed by atoms with E-state index < -0.39 is 0 Å². The predicted octanol–water partition coefficient (Wildman–Crippen LogP) is 14.6. The molecule has 4 aromatic heterocycles. The molecule has 0 radical (unpaired) electrons. The van der Waals surface area contributed by atoms with Crippen molar-refractivity contribution >= 4 is 65.6 Å². The van der Waals surface area contributed by atoms with Gasteiger partial charge in [0.1, 0.15) is 5.58 Å². The van der Waals surface area contributed by atoms with Crippen LogP contribution in [0.1, 0.15) is 0 Å². The molecule has 13 aromatic rings. The molecular weight excluding hydrogens is 771 g/mol. The summed E-state index contributed by atoms with van der Waals surface area (Å²) in [5.74, 6) is 1.65. The molecule has 13 rings (SSSR count). The van der Waals surface area contributed by atoms with E-state index in [0.717, 1.165) is 88.4 Å². The molecule has 6 nitrogen and oxygen atoms in total. The first kappa shape index (κ1) is 35.2. The van der Waals surface area contributed by atoms with Crippen LogP contribution in [0.4, 0.5) is 0 Å². The van der Waals surface area contributed by atoms with Crippen molar-refractivity contribution in [2.45, 2.75) is 0 Å². The smallest absolute Gasteiger partial charge is 0.170 e. The number of furan rings is 1. The van der Waals surface area contributed by atoms with Crippen LogP contribution in [-0.2, 0) is 0 Å². The summed E-state index contributed by atoms with van der Waals surface area (Å²) in [5, 5.41) is 6.66. The van der Waals surface area contributed by atoms with Crippen LogP contribution in [0, 0.1) is 0 Å². The second-order valence-corrected chi connectivity index (χ2v) is 15.9. The first-order chi connectivity index (χ1) is 31.3. The molecule has 0 saturated heterocycles. The third-order valence-corrected chi connectivity index (χ3v) is 12.4. The lowest BCUT2D eigenvalue weighted by molar-refractivity contribution is 0.669. The van der Waals surface area contributed by atoms with E-state index in [0.29, 0.717) is 23.1 Å². The van der Waals surface area contributed by atoms with Gasteiger partial charge >= 0.3 is 0 Å². The molecule has 0 aliphatic rings. The average Bonchev–Trinajstić information content (AvgIpc) is 4.02. The van der Waals surface area contributed by atoms with Gasteiger partial charge in [-0.15, -0.1) is 0 Å². The molecule has 0 spiro atoms. The highest BCUT2D eigenvalue weighted by molar-refractivity contribution is 6.19. The van der Waals surface area contributed by atoms with Crippen molar-refractivity contribution < 1.29 is 4.42 Å². The summed E-state index contributed by atoms with van der Waals surface area (Å²) in [6, 6.07) is 74.2. The Morgan fingerprint density at radius 1 is 0.333 bits per heavy atom. The van der Waals surface area contributed by atoms with Gasteiger partial charge < -0.3 is 13.6 Å². The van der Waals surface area contributed by atoms with E-state index >= 15 is 0 Å². The minimum absolute atomic E-state index is 0.511. The van der Waals surface area contributed by atoms with Crippen LogP contribution in [0.5, 0.6) is 0 Å². The van der Waals surface area contributed by atoms with Crippen LogP contribution in [-0.4, -0.2) is 24.1 Å². The van der Waals surface area contributed by atoms with E-state index in [-0.39, 0.29) is 0 Å². The topological polar surface area (TPSA) is 61.7 Å². The summed E-state index contributed by atoms with van der Waals surface area (Å²) in [4.78, 5) is 16.2. The van der Waals surface area contributed by atoms with E-state index in [9.17, 15) is 0 Å². The molecule has 294 valence electrons. The number of fused-ring (bicyclic) bond motifs is 9. The van der Waals surface area contributed by atoms with Crippen molar-refractivity contribution in [3.8, 4) is 56.7 Å². The molecule has 9 aromatic carbocycles. The van der Waals surface area contributed by atoms with Gasteiger partial charge in [0.2, 0.25) is 0 Å². The van der Waals surface area contributed by atoms with Gasteiger partial charge in [0, 0.05) is 38.1 Å². The van der Waals surface area contributed by atoms with Crippen LogP contribution in [0.25, 0.3) is 122 Å². The molecule has 0 unspecified atom stereocenters. The first-order valence-corrected chi connectivity index (χ1v) is 21.2. The van der Waals surface area contributed by atoms with E-state index in [1.54, 1.807) is 0 Å². The Morgan fingerprint density at radius 2 is 0.762 bits per heavy atom. The highest BCUT2D eigenvalue weighted by Gasteiger charge is 2.28. The van der Waals surface area contributed by atoms with E-state index in [1.165, 1.54) is 10.8 Å². The van der Waals surface area contributed by atoms with E-state index in [2.05, 4.69) is 191 Å². The number of para-hydroxylation sites is 5. The van der Waals surface area contributed by atoms with Crippen molar-refractivity contribution in [2.75, 3.05) is 0 Å².